The van der Waals surface area contributed by atoms with Gasteiger partial charge in [0.2, 0.25) is 6.41 Å². The molecule has 1 saturated carbocycles. The first-order chi connectivity index (χ1) is 9.65. The normalized spacial score (nSPS) is 22.8. The van der Waals surface area contributed by atoms with Gasteiger partial charge in [0.25, 0.3) is 0 Å². The van der Waals surface area contributed by atoms with Crippen LogP contribution in [0.4, 0.5) is 4.79 Å². The van der Waals surface area contributed by atoms with Crippen molar-refractivity contribution in [1.29, 1.82) is 0 Å². The molecular weight excluding hydrogens is 268 g/mol. The molecule has 0 aromatic rings. The molecule has 0 saturated heterocycles. The van der Waals surface area contributed by atoms with Crippen LogP contribution in [0.3, 0.4) is 0 Å². The smallest absolute Gasteiger partial charge is 0.410 e. The van der Waals surface area contributed by atoms with Crippen LogP contribution in [-0.4, -0.2) is 53.1 Å². The SMILES string of the molecule is CC(C)N(C=O)C1CCC(N(C)C(=O)OC(C)(C)C)CC1. The first-order valence-corrected chi connectivity index (χ1v) is 7.84. The van der Waals surface area contributed by atoms with E-state index >= 15 is 0 Å². The van der Waals surface area contributed by atoms with E-state index in [-0.39, 0.29) is 18.2 Å². The molecule has 1 fully saturated rings. The molecule has 1 rings (SSSR count). The van der Waals surface area contributed by atoms with Gasteiger partial charge in [-0.05, 0) is 60.3 Å². The predicted octanol–water partition coefficient (Wildman–Crippen LogP) is 3.03. The van der Waals surface area contributed by atoms with Crippen molar-refractivity contribution in [2.45, 2.75) is 84.0 Å². The van der Waals surface area contributed by atoms with E-state index in [9.17, 15) is 9.59 Å². The summed E-state index contributed by atoms with van der Waals surface area (Å²) in [5.41, 5.74) is -0.464. The van der Waals surface area contributed by atoms with E-state index in [1.54, 1.807) is 11.9 Å². The van der Waals surface area contributed by atoms with Crippen molar-refractivity contribution in [1.82, 2.24) is 9.80 Å². The van der Waals surface area contributed by atoms with Crippen LogP contribution in [0.5, 0.6) is 0 Å². The summed E-state index contributed by atoms with van der Waals surface area (Å²) in [6.45, 7) is 9.70. The molecule has 0 aliphatic heterocycles. The standard InChI is InChI=1S/C16H30N2O3/c1-12(2)18(11-19)14-9-7-13(8-10-14)17(6)15(20)21-16(3,4)5/h11-14H,7-10H2,1-6H3. The molecule has 0 spiro atoms. The molecule has 1 aliphatic carbocycles. The first kappa shape index (κ1) is 17.8. The molecule has 5 nitrogen and oxygen atoms in total. The lowest BCUT2D eigenvalue weighted by molar-refractivity contribution is -0.122. The van der Waals surface area contributed by atoms with Crippen LogP contribution in [-0.2, 0) is 9.53 Å². The average Bonchev–Trinajstić information content (AvgIpc) is 2.37. The van der Waals surface area contributed by atoms with Crippen molar-refractivity contribution >= 4 is 12.5 Å². The molecule has 2 amide bonds. The van der Waals surface area contributed by atoms with Gasteiger partial charge in [-0.1, -0.05) is 0 Å². The van der Waals surface area contributed by atoms with Gasteiger partial charge in [0.1, 0.15) is 5.60 Å². The van der Waals surface area contributed by atoms with E-state index in [4.69, 9.17) is 4.74 Å². The predicted molar refractivity (Wildman–Crippen MR) is 83.1 cm³/mol. The Morgan fingerprint density at radius 1 is 1.14 bits per heavy atom. The number of carbonyl (C=O) groups excluding carboxylic acids is 2. The van der Waals surface area contributed by atoms with Crippen molar-refractivity contribution in [3.8, 4) is 0 Å². The molecule has 0 atom stereocenters. The quantitative estimate of drug-likeness (QED) is 0.750. The third-order valence-electron chi connectivity index (χ3n) is 4.04. The van der Waals surface area contributed by atoms with Crippen molar-refractivity contribution in [2.75, 3.05) is 7.05 Å². The van der Waals surface area contributed by atoms with E-state index in [0.717, 1.165) is 32.1 Å². The zero-order valence-corrected chi connectivity index (χ0v) is 14.3. The second-order valence-corrected chi connectivity index (χ2v) is 7.20. The van der Waals surface area contributed by atoms with Crippen molar-refractivity contribution in [3.63, 3.8) is 0 Å². The van der Waals surface area contributed by atoms with Gasteiger partial charge >= 0.3 is 6.09 Å². The van der Waals surface area contributed by atoms with Crippen LogP contribution in [0.15, 0.2) is 0 Å². The lowest BCUT2D eigenvalue weighted by Gasteiger charge is -2.39. The van der Waals surface area contributed by atoms with Gasteiger partial charge in [0, 0.05) is 25.2 Å². The number of hydrogen-bond acceptors (Lipinski definition) is 3. The molecule has 0 radical (unpaired) electrons. The molecule has 122 valence electrons. The third-order valence-corrected chi connectivity index (χ3v) is 4.04. The van der Waals surface area contributed by atoms with E-state index < -0.39 is 5.60 Å². The molecule has 21 heavy (non-hydrogen) atoms. The molecule has 0 aromatic heterocycles. The fourth-order valence-electron chi connectivity index (χ4n) is 2.86. The maximum Gasteiger partial charge on any atom is 0.410 e. The topological polar surface area (TPSA) is 49.9 Å². The van der Waals surface area contributed by atoms with E-state index in [1.807, 2.05) is 39.5 Å². The van der Waals surface area contributed by atoms with Gasteiger partial charge in [-0.15, -0.1) is 0 Å². The maximum absolute atomic E-state index is 12.1. The number of nitrogens with zero attached hydrogens (tertiary/aromatic N) is 2. The minimum absolute atomic E-state index is 0.205. The van der Waals surface area contributed by atoms with Gasteiger partial charge < -0.3 is 14.5 Å². The molecule has 0 heterocycles. The third kappa shape index (κ3) is 5.21. The molecule has 0 bridgehead atoms. The highest BCUT2D eigenvalue weighted by molar-refractivity contribution is 5.68. The molecular formula is C16H30N2O3. The molecule has 0 N–H and O–H groups in total. The van der Waals surface area contributed by atoms with Crippen molar-refractivity contribution in [2.24, 2.45) is 0 Å². The minimum atomic E-state index is -0.464. The Hall–Kier alpha value is -1.26. The summed E-state index contributed by atoms with van der Waals surface area (Å²) >= 11 is 0. The largest absolute Gasteiger partial charge is 0.444 e. The number of amides is 2. The summed E-state index contributed by atoms with van der Waals surface area (Å²) in [5, 5.41) is 0. The summed E-state index contributed by atoms with van der Waals surface area (Å²) in [4.78, 5) is 26.8. The van der Waals surface area contributed by atoms with Crippen LogP contribution in [0, 0.1) is 0 Å². The Balaban J connectivity index is 2.52. The minimum Gasteiger partial charge on any atom is -0.444 e. The molecule has 5 heteroatoms. The summed E-state index contributed by atoms with van der Waals surface area (Å²) in [6, 6.07) is 0.732. The van der Waals surface area contributed by atoms with Crippen molar-refractivity contribution < 1.29 is 14.3 Å². The van der Waals surface area contributed by atoms with E-state index in [2.05, 4.69) is 0 Å². The van der Waals surface area contributed by atoms with Crippen LogP contribution in [0.1, 0.15) is 60.3 Å². The van der Waals surface area contributed by atoms with Crippen LogP contribution >= 0.6 is 0 Å². The number of carbonyl (C=O) groups is 2. The Kier molecular flexibility index (Phi) is 6.05. The highest BCUT2D eigenvalue weighted by atomic mass is 16.6. The summed E-state index contributed by atoms with van der Waals surface area (Å²) in [6.07, 6.45) is 4.40. The second kappa shape index (κ2) is 7.14. The fraction of sp³-hybridized carbons (Fsp3) is 0.875. The molecule has 0 unspecified atom stereocenters. The lowest BCUT2D eigenvalue weighted by atomic mass is 9.89. The van der Waals surface area contributed by atoms with E-state index in [0.29, 0.717) is 6.04 Å². The molecule has 1 aliphatic rings. The van der Waals surface area contributed by atoms with Gasteiger partial charge in [0.15, 0.2) is 0 Å². The van der Waals surface area contributed by atoms with Crippen LogP contribution in [0.25, 0.3) is 0 Å². The number of rotatable bonds is 4. The Morgan fingerprint density at radius 3 is 2.00 bits per heavy atom. The van der Waals surface area contributed by atoms with Crippen molar-refractivity contribution in [3.05, 3.63) is 0 Å². The number of hydrogen-bond donors (Lipinski definition) is 0. The van der Waals surface area contributed by atoms with Gasteiger partial charge in [-0.25, -0.2) is 4.79 Å². The van der Waals surface area contributed by atoms with Gasteiger partial charge in [0.05, 0.1) is 0 Å². The summed E-state index contributed by atoms with van der Waals surface area (Å²) in [5.74, 6) is 0. The number of ether oxygens (including phenoxy) is 1. The highest BCUT2D eigenvalue weighted by Crippen LogP contribution is 2.27. The van der Waals surface area contributed by atoms with Gasteiger partial charge in [-0.2, -0.15) is 0 Å². The van der Waals surface area contributed by atoms with Crippen LogP contribution < -0.4 is 0 Å². The maximum atomic E-state index is 12.1. The zero-order chi connectivity index (χ0) is 16.2. The lowest BCUT2D eigenvalue weighted by Crippen LogP contribution is -2.47. The van der Waals surface area contributed by atoms with Gasteiger partial charge in [-0.3, -0.25) is 4.79 Å². The summed E-state index contributed by atoms with van der Waals surface area (Å²) in [7, 11) is 1.80. The second-order valence-electron chi connectivity index (χ2n) is 7.20. The van der Waals surface area contributed by atoms with Crippen LogP contribution in [0.2, 0.25) is 0 Å². The molecule has 0 aromatic carbocycles. The first-order valence-electron chi connectivity index (χ1n) is 7.84. The average molecular weight is 298 g/mol. The Morgan fingerprint density at radius 2 is 1.62 bits per heavy atom. The summed E-state index contributed by atoms with van der Waals surface area (Å²) < 4.78 is 5.41. The fourth-order valence-corrected chi connectivity index (χ4v) is 2.86. The Bertz CT molecular complexity index is 355. The van der Waals surface area contributed by atoms with E-state index in [1.165, 1.54) is 0 Å². The monoisotopic (exact) mass is 298 g/mol. The Labute approximate surface area is 128 Å². The highest BCUT2D eigenvalue weighted by Gasteiger charge is 2.31. The zero-order valence-electron chi connectivity index (χ0n) is 14.3.